The Hall–Kier alpha value is -2.58. The van der Waals surface area contributed by atoms with E-state index in [4.69, 9.17) is 15.7 Å². The van der Waals surface area contributed by atoms with E-state index >= 15 is 0 Å². The van der Waals surface area contributed by atoms with E-state index in [1.54, 1.807) is 11.0 Å². The van der Waals surface area contributed by atoms with E-state index in [0.717, 1.165) is 12.5 Å². The van der Waals surface area contributed by atoms with Crippen LogP contribution in [0.15, 0.2) is 22.7 Å². The molecule has 0 spiro atoms. The summed E-state index contributed by atoms with van der Waals surface area (Å²) in [5.74, 6) is 0.276. The molecule has 0 amide bonds. The maximum atomic E-state index is 13.4. The molecular formula is C17H20F3N5O. The summed E-state index contributed by atoms with van der Waals surface area (Å²) in [6.07, 6.45) is -1.94. The number of hydrogen-bond acceptors (Lipinski definition) is 4. The molecule has 1 aromatic carbocycles. The van der Waals surface area contributed by atoms with Crippen LogP contribution in [0.4, 0.5) is 13.2 Å². The van der Waals surface area contributed by atoms with Crippen molar-refractivity contribution < 1.29 is 17.7 Å². The van der Waals surface area contributed by atoms with Gasteiger partial charge in [-0.1, -0.05) is 30.6 Å². The van der Waals surface area contributed by atoms with Crippen molar-refractivity contribution in [2.24, 2.45) is 5.73 Å². The van der Waals surface area contributed by atoms with Gasteiger partial charge in [0, 0.05) is 12.1 Å². The Balaban J connectivity index is 1.93. The van der Waals surface area contributed by atoms with Gasteiger partial charge in [-0.2, -0.15) is 18.2 Å². The molecule has 0 radical (unpaired) electrons. The van der Waals surface area contributed by atoms with Gasteiger partial charge in [0.25, 0.3) is 0 Å². The van der Waals surface area contributed by atoms with Crippen molar-refractivity contribution in [2.45, 2.75) is 44.8 Å². The second-order valence-corrected chi connectivity index (χ2v) is 6.31. The first-order valence-electron chi connectivity index (χ1n) is 8.46. The lowest BCUT2D eigenvalue weighted by atomic mass is 9.99. The number of rotatable bonds is 4. The molecule has 140 valence electrons. The molecule has 9 heteroatoms. The van der Waals surface area contributed by atoms with Crippen molar-refractivity contribution in [1.29, 1.82) is 5.41 Å². The van der Waals surface area contributed by atoms with Crippen LogP contribution in [-0.4, -0.2) is 27.5 Å². The fourth-order valence-corrected chi connectivity index (χ4v) is 3.27. The molecule has 3 N–H and O–H groups in total. The van der Waals surface area contributed by atoms with E-state index in [1.165, 1.54) is 6.07 Å². The highest BCUT2D eigenvalue weighted by Crippen LogP contribution is 2.36. The van der Waals surface area contributed by atoms with Crippen molar-refractivity contribution in [3.8, 4) is 11.4 Å². The lowest BCUT2D eigenvalue weighted by Crippen LogP contribution is -2.35. The number of nitrogens with zero attached hydrogens (tertiary/aromatic N) is 3. The molecule has 1 saturated heterocycles. The van der Waals surface area contributed by atoms with E-state index in [1.807, 2.05) is 6.92 Å². The molecule has 1 atom stereocenters. The number of hydrogen-bond donors (Lipinski definition) is 2. The minimum Gasteiger partial charge on any atom is -0.370 e. The number of guanidine groups is 1. The molecule has 3 rings (SSSR count). The number of halogens is 3. The monoisotopic (exact) mass is 367 g/mol. The number of nitrogens with two attached hydrogens (primary N) is 1. The van der Waals surface area contributed by atoms with Crippen molar-refractivity contribution in [1.82, 2.24) is 15.0 Å². The molecule has 6 nitrogen and oxygen atoms in total. The first-order chi connectivity index (χ1) is 12.3. The average molecular weight is 367 g/mol. The van der Waals surface area contributed by atoms with Crippen molar-refractivity contribution in [2.75, 3.05) is 6.54 Å². The maximum absolute atomic E-state index is 13.4. The Kier molecular flexibility index (Phi) is 4.88. The fraction of sp³-hybridized carbons (Fsp3) is 0.471. The van der Waals surface area contributed by atoms with Gasteiger partial charge in [-0.25, -0.2) is 0 Å². The van der Waals surface area contributed by atoms with Crippen LogP contribution in [0.3, 0.4) is 0 Å². The van der Waals surface area contributed by atoms with Crippen molar-refractivity contribution >= 4 is 5.96 Å². The zero-order valence-corrected chi connectivity index (χ0v) is 14.3. The third-order valence-corrected chi connectivity index (χ3v) is 4.48. The van der Waals surface area contributed by atoms with Gasteiger partial charge < -0.3 is 15.2 Å². The molecule has 1 aliphatic rings. The van der Waals surface area contributed by atoms with Crippen LogP contribution in [0.1, 0.15) is 49.2 Å². The number of nitrogens with one attached hydrogen (secondary N) is 1. The molecule has 2 heterocycles. The quantitative estimate of drug-likeness (QED) is 0.634. The summed E-state index contributed by atoms with van der Waals surface area (Å²) in [6.45, 7) is 2.45. The molecule has 0 bridgehead atoms. The lowest BCUT2D eigenvalue weighted by molar-refractivity contribution is -0.138. The minimum absolute atomic E-state index is 0.0875. The molecule has 0 unspecified atom stereocenters. The van der Waals surface area contributed by atoms with Crippen LogP contribution in [-0.2, 0) is 12.6 Å². The van der Waals surface area contributed by atoms with Gasteiger partial charge in [0.1, 0.15) is 6.04 Å². The SMILES string of the molecule is CCCc1ccc(-c2noc([C@@H]3CCCN3C(=N)N)n2)cc1C(F)(F)F. The molecule has 1 fully saturated rings. The van der Waals surface area contributed by atoms with Crippen LogP contribution in [0.25, 0.3) is 11.4 Å². The highest BCUT2D eigenvalue weighted by Gasteiger charge is 2.34. The Morgan fingerprint density at radius 3 is 2.85 bits per heavy atom. The summed E-state index contributed by atoms with van der Waals surface area (Å²) in [7, 11) is 0. The predicted molar refractivity (Wildman–Crippen MR) is 89.3 cm³/mol. The van der Waals surface area contributed by atoms with Gasteiger partial charge in [-0.3, -0.25) is 5.41 Å². The van der Waals surface area contributed by atoms with Crippen LogP contribution in [0, 0.1) is 5.41 Å². The number of alkyl halides is 3. The van der Waals surface area contributed by atoms with Crippen LogP contribution in [0.5, 0.6) is 0 Å². The standard InChI is InChI=1S/C17H20F3N5O/c1-2-4-10-6-7-11(9-12(10)17(18,19)20)14-23-15(26-24-14)13-5-3-8-25(13)16(21)22/h6-7,9,13H,2-5,8H2,1H3,(H3,21,22)/t13-/m0/s1. The van der Waals surface area contributed by atoms with Crippen molar-refractivity contribution in [3.63, 3.8) is 0 Å². The van der Waals surface area contributed by atoms with Gasteiger partial charge in [-0.15, -0.1) is 0 Å². The Morgan fingerprint density at radius 2 is 2.19 bits per heavy atom. The second kappa shape index (κ2) is 6.97. The summed E-state index contributed by atoms with van der Waals surface area (Å²) in [5, 5.41) is 11.4. The molecule has 2 aromatic rings. The van der Waals surface area contributed by atoms with Crippen LogP contribution < -0.4 is 5.73 Å². The fourth-order valence-electron chi connectivity index (χ4n) is 3.27. The van der Waals surface area contributed by atoms with Gasteiger partial charge in [-0.05, 0) is 30.9 Å². The van der Waals surface area contributed by atoms with Gasteiger partial charge in [0.2, 0.25) is 11.7 Å². The minimum atomic E-state index is -4.44. The smallest absolute Gasteiger partial charge is 0.370 e. The van der Waals surface area contributed by atoms with Gasteiger partial charge in [0.15, 0.2) is 5.96 Å². The first-order valence-corrected chi connectivity index (χ1v) is 8.46. The first kappa shape index (κ1) is 18.2. The average Bonchev–Trinajstić information content (AvgIpc) is 3.23. The highest BCUT2D eigenvalue weighted by atomic mass is 19.4. The van der Waals surface area contributed by atoms with E-state index in [-0.39, 0.29) is 34.8 Å². The number of aryl methyl sites for hydroxylation is 1. The number of aromatic nitrogens is 2. The largest absolute Gasteiger partial charge is 0.416 e. The Morgan fingerprint density at radius 1 is 1.42 bits per heavy atom. The van der Waals surface area contributed by atoms with Crippen molar-refractivity contribution in [3.05, 3.63) is 35.2 Å². The van der Waals surface area contributed by atoms with E-state index in [9.17, 15) is 13.2 Å². The second-order valence-electron chi connectivity index (χ2n) is 6.31. The van der Waals surface area contributed by atoms with E-state index < -0.39 is 11.7 Å². The van der Waals surface area contributed by atoms with Gasteiger partial charge in [0.05, 0.1) is 5.56 Å². The normalized spacial score (nSPS) is 17.7. The number of likely N-dealkylation sites (tertiary alicyclic amines) is 1. The molecule has 0 aliphatic carbocycles. The summed E-state index contributed by atoms with van der Waals surface area (Å²) in [5.41, 5.74) is 5.38. The zero-order valence-electron chi connectivity index (χ0n) is 14.3. The number of benzene rings is 1. The summed E-state index contributed by atoms with van der Waals surface area (Å²) in [4.78, 5) is 5.90. The summed E-state index contributed by atoms with van der Waals surface area (Å²) >= 11 is 0. The van der Waals surface area contributed by atoms with Gasteiger partial charge >= 0.3 is 6.18 Å². The van der Waals surface area contributed by atoms with E-state index in [2.05, 4.69) is 10.1 Å². The Labute approximate surface area is 148 Å². The molecule has 1 aliphatic heterocycles. The predicted octanol–water partition coefficient (Wildman–Crippen LogP) is 3.74. The molecular weight excluding hydrogens is 347 g/mol. The summed E-state index contributed by atoms with van der Waals surface area (Å²) in [6, 6.07) is 3.80. The third-order valence-electron chi connectivity index (χ3n) is 4.48. The van der Waals surface area contributed by atoms with Crippen LogP contribution in [0.2, 0.25) is 0 Å². The Bertz CT molecular complexity index is 802. The molecule has 0 saturated carbocycles. The van der Waals surface area contributed by atoms with E-state index in [0.29, 0.717) is 25.8 Å². The zero-order chi connectivity index (χ0) is 18.9. The lowest BCUT2D eigenvalue weighted by Gasteiger charge is -2.21. The maximum Gasteiger partial charge on any atom is 0.416 e. The third kappa shape index (κ3) is 3.51. The topological polar surface area (TPSA) is 92.0 Å². The highest BCUT2D eigenvalue weighted by molar-refractivity contribution is 5.75. The molecule has 26 heavy (non-hydrogen) atoms. The van der Waals surface area contributed by atoms with Crippen LogP contribution >= 0.6 is 0 Å². The molecule has 1 aromatic heterocycles. The summed E-state index contributed by atoms with van der Waals surface area (Å²) < 4.78 is 45.3.